The molecule has 1 aromatic rings. The van der Waals surface area contributed by atoms with Crippen LogP contribution in [0, 0.1) is 11.8 Å². The highest BCUT2D eigenvalue weighted by molar-refractivity contribution is 5.06. The first kappa shape index (κ1) is 9.88. The van der Waals surface area contributed by atoms with Gasteiger partial charge < -0.3 is 9.88 Å². The Bertz CT molecular complexity index is 301. The summed E-state index contributed by atoms with van der Waals surface area (Å²) in [4.78, 5) is 0. The predicted octanol–water partition coefficient (Wildman–Crippen LogP) is 1.53. The molecule has 0 unspecified atom stereocenters. The zero-order valence-corrected chi connectivity index (χ0v) is 8.30. The fourth-order valence-electron chi connectivity index (χ4n) is 1.17. The van der Waals surface area contributed by atoms with Crippen molar-refractivity contribution in [3.05, 3.63) is 24.0 Å². The van der Waals surface area contributed by atoms with Crippen LogP contribution < -0.4 is 5.32 Å². The molecule has 0 aliphatic rings. The highest BCUT2D eigenvalue weighted by atomic mass is 15.0. The second kappa shape index (κ2) is 5.45. The maximum Gasteiger partial charge on any atom is 0.0359 e. The molecule has 0 bridgehead atoms. The minimum atomic E-state index is 0.925. The molecule has 0 spiro atoms. The van der Waals surface area contributed by atoms with E-state index in [-0.39, 0.29) is 0 Å². The molecule has 1 aromatic heterocycles. The van der Waals surface area contributed by atoms with Crippen LogP contribution in [0.15, 0.2) is 18.3 Å². The van der Waals surface area contributed by atoms with Gasteiger partial charge in [0.1, 0.15) is 0 Å². The van der Waals surface area contributed by atoms with Crippen LogP contribution in [0.2, 0.25) is 0 Å². The van der Waals surface area contributed by atoms with Crippen molar-refractivity contribution in [2.45, 2.75) is 19.9 Å². The fourth-order valence-corrected chi connectivity index (χ4v) is 1.17. The third-order valence-electron chi connectivity index (χ3n) is 1.96. The van der Waals surface area contributed by atoms with E-state index in [1.54, 1.807) is 0 Å². The van der Waals surface area contributed by atoms with E-state index in [9.17, 15) is 0 Å². The second-order valence-corrected chi connectivity index (χ2v) is 2.96. The lowest BCUT2D eigenvalue weighted by Gasteiger charge is -2.03. The van der Waals surface area contributed by atoms with Crippen LogP contribution in [0.4, 0.5) is 0 Å². The molecule has 2 nitrogen and oxygen atoms in total. The van der Waals surface area contributed by atoms with E-state index in [0.717, 1.165) is 19.5 Å². The summed E-state index contributed by atoms with van der Waals surface area (Å²) in [5, 5.41) is 3.34. The summed E-state index contributed by atoms with van der Waals surface area (Å²) in [6.07, 6.45) is 2.99. The lowest BCUT2D eigenvalue weighted by molar-refractivity contribution is 0.663. The molecule has 0 fully saturated rings. The molecule has 1 rings (SSSR count). The van der Waals surface area contributed by atoms with Crippen molar-refractivity contribution >= 4 is 0 Å². The molecule has 1 N–H and O–H groups in total. The average Bonchev–Trinajstić information content (AvgIpc) is 2.52. The summed E-state index contributed by atoms with van der Waals surface area (Å²) >= 11 is 0. The van der Waals surface area contributed by atoms with E-state index in [1.807, 2.05) is 6.92 Å². The average molecular weight is 176 g/mol. The van der Waals surface area contributed by atoms with Crippen LogP contribution >= 0.6 is 0 Å². The summed E-state index contributed by atoms with van der Waals surface area (Å²) in [5.41, 5.74) is 1.31. The van der Waals surface area contributed by atoms with Gasteiger partial charge in [-0.05, 0) is 19.1 Å². The number of hydrogen-bond acceptors (Lipinski definition) is 1. The van der Waals surface area contributed by atoms with E-state index < -0.39 is 0 Å². The molecule has 0 aliphatic carbocycles. The third kappa shape index (κ3) is 3.35. The van der Waals surface area contributed by atoms with E-state index in [0.29, 0.717) is 0 Å². The molecule has 0 amide bonds. The number of hydrogen-bond donors (Lipinski definition) is 1. The quantitative estimate of drug-likeness (QED) is 0.544. The monoisotopic (exact) mass is 176 g/mol. The van der Waals surface area contributed by atoms with Crippen molar-refractivity contribution in [1.29, 1.82) is 0 Å². The lowest BCUT2D eigenvalue weighted by Crippen LogP contribution is -2.16. The van der Waals surface area contributed by atoms with Crippen LogP contribution in [-0.2, 0) is 13.6 Å². The first-order valence-electron chi connectivity index (χ1n) is 4.55. The Labute approximate surface area is 80.0 Å². The van der Waals surface area contributed by atoms with Crippen molar-refractivity contribution in [3.8, 4) is 11.8 Å². The number of aryl methyl sites for hydroxylation is 1. The second-order valence-electron chi connectivity index (χ2n) is 2.96. The molecule has 0 aromatic carbocycles. The van der Waals surface area contributed by atoms with Gasteiger partial charge in [0.2, 0.25) is 0 Å². The summed E-state index contributed by atoms with van der Waals surface area (Å²) in [7, 11) is 2.06. The normalized spacial score (nSPS) is 9.38. The van der Waals surface area contributed by atoms with Gasteiger partial charge in [-0.25, -0.2) is 0 Å². The Morgan fingerprint density at radius 1 is 1.54 bits per heavy atom. The van der Waals surface area contributed by atoms with Gasteiger partial charge in [-0.2, -0.15) is 0 Å². The van der Waals surface area contributed by atoms with Crippen LogP contribution in [0.5, 0.6) is 0 Å². The predicted molar refractivity (Wildman–Crippen MR) is 55.2 cm³/mol. The maximum atomic E-state index is 3.34. The van der Waals surface area contributed by atoms with Crippen molar-refractivity contribution in [2.24, 2.45) is 7.05 Å². The van der Waals surface area contributed by atoms with Gasteiger partial charge in [0, 0.05) is 38.4 Å². The van der Waals surface area contributed by atoms with Gasteiger partial charge >= 0.3 is 0 Å². The smallest absolute Gasteiger partial charge is 0.0359 e. The molecule has 2 heteroatoms. The van der Waals surface area contributed by atoms with Gasteiger partial charge in [-0.15, -0.1) is 11.8 Å². The first-order chi connectivity index (χ1) is 6.34. The fraction of sp³-hybridized carbons (Fsp3) is 0.455. The molecule has 1 heterocycles. The molecule has 0 atom stereocenters. The van der Waals surface area contributed by atoms with Crippen molar-refractivity contribution < 1.29 is 0 Å². The maximum absolute atomic E-state index is 3.34. The highest BCUT2D eigenvalue weighted by Gasteiger charge is 1.94. The summed E-state index contributed by atoms with van der Waals surface area (Å²) in [5.74, 6) is 5.90. The Hall–Kier alpha value is -1.20. The molecular formula is C11H16N2. The van der Waals surface area contributed by atoms with Crippen LogP contribution in [0.25, 0.3) is 0 Å². The number of nitrogens with zero attached hydrogens (tertiary/aromatic N) is 1. The van der Waals surface area contributed by atoms with Crippen molar-refractivity contribution in [3.63, 3.8) is 0 Å². The number of rotatable bonds is 4. The van der Waals surface area contributed by atoms with Crippen LogP contribution in [-0.4, -0.2) is 11.1 Å². The molecule has 0 aliphatic heterocycles. The first-order valence-corrected chi connectivity index (χ1v) is 4.55. The SMILES string of the molecule is CC#CCCNCc1cccn1C. The van der Waals surface area contributed by atoms with Crippen molar-refractivity contribution in [2.75, 3.05) is 6.54 Å². The molecule has 0 saturated carbocycles. The standard InChI is InChI=1S/C11H16N2/c1-3-4-5-8-12-10-11-7-6-9-13(11)2/h6-7,9,12H,5,8,10H2,1-2H3. The van der Waals surface area contributed by atoms with E-state index >= 15 is 0 Å². The van der Waals surface area contributed by atoms with Crippen LogP contribution in [0.3, 0.4) is 0 Å². The zero-order chi connectivity index (χ0) is 9.52. The minimum Gasteiger partial charge on any atom is -0.353 e. The lowest BCUT2D eigenvalue weighted by atomic mass is 10.4. The van der Waals surface area contributed by atoms with E-state index in [4.69, 9.17) is 0 Å². The number of nitrogens with one attached hydrogen (secondary N) is 1. The third-order valence-corrected chi connectivity index (χ3v) is 1.96. The van der Waals surface area contributed by atoms with Gasteiger partial charge in [0.15, 0.2) is 0 Å². The Balaban J connectivity index is 2.19. The summed E-state index contributed by atoms with van der Waals surface area (Å²) in [6.45, 7) is 3.76. The van der Waals surface area contributed by atoms with Crippen molar-refractivity contribution in [1.82, 2.24) is 9.88 Å². The van der Waals surface area contributed by atoms with E-state index in [1.165, 1.54) is 5.69 Å². The topological polar surface area (TPSA) is 17.0 Å². The summed E-state index contributed by atoms with van der Waals surface area (Å²) in [6, 6.07) is 4.18. The Kier molecular flexibility index (Phi) is 4.14. The Morgan fingerprint density at radius 3 is 3.00 bits per heavy atom. The van der Waals surface area contributed by atoms with Gasteiger partial charge in [0.05, 0.1) is 0 Å². The van der Waals surface area contributed by atoms with Crippen LogP contribution in [0.1, 0.15) is 19.0 Å². The van der Waals surface area contributed by atoms with Gasteiger partial charge in [-0.3, -0.25) is 0 Å². The highest BCUT2D eigenvalue weighted by Crippen LogP contribution is 1.97. The summed E-state index contributed by atoms with van der Waals surface area (Å²) < 4.78 is 2.12. The molecule has 0 saturated heterocycles. The van der Waals surface area contributed by atoms with Gasteiger partial charge in [-0.1, -0.05) is 0 Å². The zero-order valence-electron chi connectivity index (χ0n) is 8.30. The largest absolute Gasteiger partial charge is 0.353 e. The van der Waals surface area contributed by atoms with Gasteiger partial charge in [0.25, 0.3) is 0 Å². The molecular weight excluding hydrogens is 160 g/mol. The number of aromatic nitrogens is 1. The molecule has 13 heavy (non-hydrogen) atoms. The molecule has 0 radical (unpaired) electrons. The molecule has 70 valence electrons. The van der Waals surface area contributed by atoms with E-state index in [2.05, 4.69) is 47.1 Å². The minimum absolute atomic E-state index is 0.925. The Morgan fingerprint density at radius 2 is 2.38 bits per heavy atom.